The fourth-order valence-corrected chi connectivity index (χ4v) is 11.3. The second kappa shape index (κ2) is 18.5. The van der Waals surface area contributed by atoms with Gasteiger partial charge in [-0.05, 0) is 109 Å². The van der Waals surface area contributed by atoms with Crippen molar-refractivity contribution in [1.82, 2.24) is 4.57 Å². The molecule has 1 aromatic heterocycles. The third-order valence-corrected chi connectivity index (χ3v) is 15.5. The SMILES string of the molecule is O=C(O)c1c(-c2cccc(N3CCN(c4ccc(NS(=O)(=O)c5ccc(NCCSc6ccccc6)c(S(=O)(=O)C(F)(F)F)c5)cc4)CC3)c2)c(-c2ccc(Cl)cc2)n2c1CCCC2. The monoisotopic (exact) mass is 949 g/mol. The molecule has 11 nitrogen and oxygen atoms in total. The van der Waals surface area contributed by atoms with Crippen LogP contribution < -0.4 is 19.8 Å². The number of thioether (sulfide) groups is 1. The Labute approximate surface area is 378 Å². The maximum atomic E-state index is 13.8. The first-order chi connectivity index (χ1) is 30.6. The minimum absolute atomic E-state index is 0.108. The average molecular weight is 951 g/mol. The van der Waals surface area contributed by atoms with Gasteiger partial charge in [0.05, 0.1) is 21.8 Å². The van der Waals surface area contributed by atoms with E-state index in [1.165, 1.54) is 23.9 Å². The predicted molar refractivity (Wildman–Crippen MR) is 247 cm³/mol. The van der Waals surface area contributed by atoms with Crippen molar-refractivity contribution in [3.05, 3.63) is 138 Å². The molecule has 1 fully saturated rings. The third kappa shape index (κ3) is 9.43. The molecular weight excluding hydrogens is 907 g/mol. The van der Waals surface area contributed by atoms with E-state index in [0.717, 1.165) is 70.3 Å². The summed E-state index contributed by atoms with van der Waals surface area (Å²) in [7, 11) is -10.4. The zero-order chi connectivity index (χ0) is 45.2. The van der Waals surface area contributed by atoms with Crippen molar-refractivity contribution in [2.24, 2.45) is 0 Å². The maximum absolute atomic E-state index is 13.8. The summed E-state index contributed by atoms with van der Waals surface area (Å²) < 4.78 is 98.2. The van der Waals surface area contributed by atoms with Gasteiger partial charge in [0.2, 0.25) is 0 Å². The Morgan fingerprint density at radius 1 is 0.750 bits per heavy atom. The van der Waals surface area contributed by atoms with E-state index in [-0.39, 0.29) is 17.9 Å². The van der Waals surface area contributed by atoms with Crippen LogP contribution in [0.5, 0.6) is 0 Å². The van der Waals surface area contributed by atoms with E-state index >= 15 is 0 Å². The lowest BCUT2D eigenvalue weighted by Crippen LogP contribution is -2.46. The molecule has 2 aliphatic heterocycles. The molecule has 6 aromatic rings. The third-order valence-electron chi connectivity index (χ3n) is 11.3. The minimum Gasteiger partial charge on any atom is -0.478 e. The van der Waals surface area contributed by atoms with E-state index in [1.54, 1.807) is 12.1 Å². The number of carbonyl (C=O) groups is 1. The molecule has 0 amide bonds. The van der Waals surface area contributed by atoms with E-state index in [9.17, 15) is 39.9 Å². The van der Waals surface area contributed by atoms with Crippen LogP contribution in [0.2, 0.25) is 5.02 Å². The van der Waals surface area contributed by atoms with E-state index < -0.39 is 41.1 Å². The van der Waals surface area contributed by atoms with Crippen LogP contribution in [0.25, 0.3) is 22.4 Å². The maximum Gasteiger partial charge on any atom is 0.501 e. The predicted octanol–water partition coefficient (Wildman–Crippen LogP) is 10.1. The molecule has 0 radical (unpaired) electrons. The molecule has 0 spiro atoms. The lowest BCUT2D eigenvalue weighted by molar-refractivity contribution is -0.0435. The fraction of sp³-hybridized carbons (Fsp3) is 0.239. The van der Waals surface area contributed by atoms with Crippen molar-refractivity contribution in [2.75, 3.05) is 58.3 Å². The van der Waals surface area contributed by atoms with Crippen molar-refractivity contribution in [3.8, 4) is 22.4 Å². The van der Waals surface area contributed by atoms with Gasteiger partial charge in [0, 0.05) is 83.3 Å². The van der Waals surface area contributed by atoms with Gasteiger partial charge in [0.1, 0.15) is 4.90 Å². The number of rotatable bonds is 14. The molecule has 64 heavy (non-hydrogen) atoms. The number of carboxylic acids is 1. The Balaban J connectivity index is 0.952. The van der Waals surface area contributed by atoms with Crippen LogP contribution in [0, 0.1) is 0 Å². The number of sulfonamides is 1. The standard InChI is InChI=1S/C46H43ClF3N5O6S3/c47-33-14-12-31(13-15-33)44-42(43(45(56)57)40-11-4-5-23-55(40)44)32-7-6-8-36(29-32)54-26-24-53(25-27-54)35-18-16-34(17-19-35)52-64(60,61)38-20-21-39(41(30-38)63(58,59)46(48,49)50)51-22-28-62-37-9-2-1-3-10-37/h1-3,6-10,12-21,29-30,51-52H,4-5,11,22-28H2,(H,56,57). The number of aromatic carboxylic acids is 1. The summed E-state index contributed by atoms with van der Waals surface area (Å²) in [5.74, 6) is -0.562. The summed E-state index contributed by atoms with van der Waals surface area (Å²) in [4.78, 5) is 16.3. The molecule has 0 bridgehead atoms. The van der Waals surface area contributed by atoms with E-state index in [1.807, 2.05) is 78.9 Å². The van der Waals surface area contributed by atoms with Crippen LogP contribution in [-0.4, -0.2) is 76.5 Å². The van der Waals surface area contributed by atoms with E-state index in [0.29, 0.717) is 60.6 Å². The van der Waals surface area contributed by atoms with Gasteiger partial charge in [0.25, 0.3) is 19.9 Å². The Kier molecular flexibility index (Phi) is 13.0. The van der Waals surface area contributed by atoms with Crippen LogP contribution in [-0.2, 0) is 32.8 Å². The van der Waals surface area contributed by atoms with Gasteiger partial charge >= 0.3 is 11.5 Å². The average Bonchev–Trinajstić information content (AvgIpc) is 3.64. The van der Waals surface area contributed by atoms with Crippen LogP contribution >= 0.6 is 23.4 Å². The number of piperazine rings is 1. The molecule has 18 heteroatoms. The highest BCUT2D eigenvalue weighted by Gasteiger charge is 2.48. The molecule has 5 aromatic carbocycles. The molecule has 1 saturated heterocycles. The van der Waals surface area contributed by atoms with Gasteiger partial charge in [-0.25, -0.2) is 21.6 Å². The molecule has 8 rings (SSSR count). The number of carboxylic acid groups (broad SMARTS) is 1. The first-order valence-electron chi connectivity index (χ1n) is 20.5. The van der Waals surface area contributed by atoms with E-state index in [4.69, 9.17) is 11.6 Å². The first kappa shape index (κ1) is 45.0. The first-order valence-corrected chi connectivity index (χ1v) is 24.8. The number of alkyl halides is 3. The second-order valence-corrected chi connectivity index (χ2v) is 20.5. The number of fused-ring (bicyclic) bond motifs is 1. The number of halogens is 4. The number of aromatic nitrogens is 1. The molecule has 0 saturated carbocycles. The lowest BCUT2D eigenvalue weighted by Gasteiger charge is -2.37. The Morgan fingerprint density at radius 3 is 2.11 bits per heavy atom. The quantitative estimate of drug-likeness (QED) is 0.0714. The van der Waals surface area contributed by atoms with Gasteiger partial charge in [0.15, 0.2) is 0 Å². The van der Waals surface area contributed by atoms with Crippen molar-refractivity contribution in [2.45, 2.75) is 46.0 Å². The summed E-state index contributed by atoms with van der Waals surface area (Å²) in [6.45, 7) is 3.35. The Bertz CT molecular complexity index is 2890. The van der Waals surface area contributed by atoms with Gasteiger partial charge in [-0.15, -0.1) is 11.8 Å². The zero-order valence-electron chi connectivity index (χ0n) is 34.2. The number of hydrogen-bond acceptors (Lipinski definition) is 9. The van der Waals surface area contributed by atoms with Gasteiger partial charge in [-0.3, -0.25) is 4.72 Å². The second-order valence-electron chi connectivity index (χ2n) is 15.3. The summed E-state index contributed by atoms with van der Waals surface area (Å²) >= 11 is 7.66. The molecule has 3 heterocycles. The molecule has 0 unspecified atom stereocenters. The van der Waals surface area contributed by atoms with E-state index in [2.05, 4.69) is 24.4 Å². The normalized spacial score (nSPS) is 14.6. The van der Waals surface area contributed by atoms with Crippen LogP contribution in [0.3, 0.4) is 0 Å². The summed E-state index contributed by atoms with van der Waals surface area (Å²) in [6, 6.07) is 33.8. The van der Waals surface area contributed by atoms with Crippen molar-refractivity contribution in [3.63, 3.8) is 0 Å². The summed E-state index contributed by atoms with van der Waals surface area (Å²) in [5, 5.41) is 13.9. The van der Waals surface area contributed by atoms with Crippen molar-refractivity contribution >= 4 is 71.9 Å². The highest BCUT2D eigenvalue weighted by molar-refractivity contribution is 7.99. The number of hydrogen-bond donors (Lipinski definition) is 3. The topological polar surface area (TPSA) is 141 Å². The smallest absolute Gasteiger partial charge is 0.478 e. The Morgan fingerprint density at radius 2 is 1.44 bits per heavy atom. The molecule has 334 valence electrons. The largest absolute Gasteiger partial charge is 0.501 e. The molecule has 0 atom stereocenters. The molecule has 2 aliphatic rings. The van der Waals surface area contributed by atoms with Gasteiger partial charge < -0.3 is 24.8 Å². The van der Waals surface area contributed by atoms with Crippen LogP contribution in [0.15, 0.2) is 136 Å². The summed E-state index contributed by atoms with van der Waals surface area (Å²) in [6.07, 6.45) is 2.55. The minimum atomic E-state index is -5.92. The van der Waals surface area contributed by atoms with Gasteiger partial charge in [-0.2, -0.15) is 13.2 Å². The Hall–Kier alpha value is -5.62. The lowest BCUT2D eigenvalue weighted by atomic mass is 9.95. The number of nitrogens with zero attached hydrogens (tertiary/aromatic N) is 3. The molecule has 3 N–H and O–H groups in total. The number of sulfone groups is 1. The molecular formula is C46H43ClF3N5O6S3. The highest BCUT2D eigenvalue weighted by atomic mass is 35.5. The van der Waals surface area contributed by atoms with Gasteiger partial charge in [-0.1, -0.05) is 54.1 Å². The number of anilines is 4. The van der Waals surface area contributed by atoms with Crippen molar-refractivity contribution in [1.29, 1.82) is 0 Å². The van der Waals surface area contributed by atoms with Crippen LogP contribution in [0.4, 0.5) is 35.9 Å². The molecule has 0 aliphatic carbocycles. The number of benzene rings is 5. The summed E-state index contributed by atoms with van der Waals surface area (Å²) in [5.41, 5.74) is 0.269. The van der Waals surface area contributed by atoms with Crippen molar-refractivity contribution < 1.29 is 39.9 Å². The number of nitrogens with one attached hydrogen (secondary N) is 2. The zero-order valence-corrected chi connectivity index (χ0v) is 37.4. The van der Waals surface area contributed by atoms with Crippen LogP contribution in [0.1, 0.15) is 28.9 Å². The highest BCUT2D eigenvalue weighted by Crippen LogP contribution is 2.43. The fourth-order valence-electron chi connectivity index (χ4n) is 8.23.